The van der Waals surface area contributed by atoms with Crippen molar-refractivity contribution in [2.45, 2.75) is 26.4 Å². The van der Waals surface area contributed by atoms with Crippen LogP contribution in [0.5, 0.6) is 6.01 Å². The molecule has 76 valence electrons. The maximum absolute atomic E-state index is 5.65. The van der Waals surface area contributed by atoms with E-state index in [2.05, 4.69) is 15.3 Å². The predicted molar refractivity (Wildman–Crippen MR) is 53.4 cm³/mol. The second-order valence-corrected chi connectivity index (χ2v) is 3.67. The summed E-state index contributed by atoms with van der Waals surface area (Å²) in [6.07, 6.45) is 1.27. The number of aromatic nitrogens is 2. The molecule has 1 fully saturated rings. The Balaban J connectivity index is 2.07. The SMILES string of the molecule is Cc1cc(C)nc(OC2CCNC2)n1. The Morgan fingerprint density at radius 2 is 2.07 bits per heavy atom. The highest BCUT2D eigenvalue weighted by Gasteiger charge is 2.17. The van der Waals surface area contributed by atoms with Crippen molar-refractivity contribution in [2.24, 2.45) is 0 Å². The predicted octanol–water partition coefficient (Wildman–Crippen LogP) is 0.834. The van der Waals surface area contributed by atoms with Crippen molar-refractivity contribution in [3.05, 3.63) is 17.5 Å². The molecule has 1 aliphatic rings. The minimum Gasteiger partial charge on any atom is -0.459 e. The van der Waals surface area contributed by atoms with E-state index in [0.29, 0.717) is 6.01 Å². The number of rotatable bonds is 2. The lowest BCUT2D eigenvalue weighted by atomic mass is 10.3. The van der Waals surface area contributed by atoms with Crippen molar-refractivity contribution in [1.82, 2.24) is 15.3 Å². The highest BCUT2D eigenvalue weighted by molar-refractivity contribution is 5.11. The van der Waals surface area contributed by atoms with Crippen LogP contribution in [0.25, 0.3) is 0 Å². The van der Waals surface area contributed by atoms with E-state index in [9.17, 15) is 0 Å². The van der Waals surface area contributed by atoms with Gasteiger partial charge in [0.2, 0.25) is 0 Å². The summed E-state index contributed by atoms with van der Waals surface area (Å²) in [5.41, 5.74) is 1.91. The van der Waals surface area contributed by atoms with Crippen LogP contribution in [0.2, 0.25) is 0 Å². The van der Waals surface area contributed by atoms with Crippen LogP contribution >= 0.6 is 0 Å². The van der Waals surface area contributed by atoms with E-state index >= 15 is 0 Å². The minimum absolute atomic E-state index is 0.233. The highest BCUT2D eigenvalue weighted by atomic mass is 16.5. The summed E-state index contributed by atoms with van der Waals surface area (Å²) in [7, 11) is 0. The minimum atomic E-state index is 0.233. The van der Waals surface area contributed by atoms with Gasteiger partial charge in [-0.25, -0.2) is 9.97 Å². The maximum Gasteiger partial charge on any atom is 0.317 e. The van der Waals surface area contributed by atoms with Crippen molar-refractivity contribution < 1.29 is 4.74 Å². The van der Waals surface area contributed by atoms with Crippen LogP contribution in [0.15, 0.2) is 6.07 Å². The van der Waals surface area contributed by atoms with Gasteiger partial charge in [-0.2, -0.15) is 0 Å². The van der Waals surface area contributed by atoms with E-state index in [4.69, 9.17) is 4.74 Å². The smallest absolute Gasteiger partial charge is 0.317 e. The monoisotopic (exact) mass is 193 g/mol. The third-order valence-electron chi connectivity index (χ3n) is 2.25. The molecule has 2 rings (SSSR count). The molecule has 1 N–H and O–H groups in total. The molecule has 1 saturated heterocycles. The molecule has 1 unspecified atom stereocenters. The van der Waals surface area contributed by atoms with Gasteiger partial charge in [0.1, 0.15) is 6.10 Å². The number of aryl methyl sites for hydroxylation is 2. The number of ether oxygens (including phenoxy) is 1. The summed E-state index contributed by atoms with van der Waals surface area (Å²) in [5, 5.41) is 3.24. The Morgan fingerprint density at radius 1 is 1.36 bits per heavy atom. The van der Waals surface area contributed by atoms with Gasteiger partial charge in [0.25, 0.3) is 0 Å². The van der Waals surface area contributed by atoms with E-state index in [-0.39, 0.29) is 6.10 Å². The Kier molecular flexibility index (Phi) is 2.63. The van der Waals surface area contributed by atoms with Crippen molar-refractivity contribution in [3.63, 3.8) is 0 Å². The molecule has 0 bridgehead atoms. The summed E-state index contributed by atoms with van der Waals surface area (Å²) in [4.78, 5) is 8.47. The zero-order chi connectivity index (χ0) is 9.97. The lowest BCUT2D eigenvalue weighted by molar-refractivity contribution is 0.203. The van der Waals surface area contributed by atoms with E-state index in [1.165, 1.54) is 0 Å². The summed E-state index contributed by atoms with van der Waals surface area (Å²) >= 11 is 0. The van der Waals surface area contributed by atoms with Crippen molar-refractivity contribution >= 4 is 0 Å². The molecule has 1 aromatic rings. The molecule has 0 saturated carbocycles. The fourth-order valence-corrected chi connectivity index (χ4v) is 1.62. The molecule has 0 aliphatic carbocycles. The number of nitrogens with zero attached hydrogens (tertiary/aromatic N) is 2. The molecular formula is C10H15N3O. The molecule has 0 aromatic carbocycles. The Bertz CT molecular complexity index is 301. The number of nitrogens with one attached hydrogen (secondary N) is 1. The second kappa shape index (κ2) is 3.92. The van der Waals surface area contributed by atoms with Gasteiger partial charge in [0.05, 0.1) is 0 Å². The van der Waals surface area contributed by atoms with Crippen LogP contribution in [-0.4, -0.2) is 29.2 Å². The first kappa shape index (κ1) is 9.40. The lowest BCUT2D eigenvalue weighted by Crippen LogP contribution is -2.20. The summed E-state index contributed by atoms with van der Waals surface area (Å²) in [5.74, 6) is 0. The van der Waals surface area contributed by atoms with E-state index in [1.54, 1.807) is 0 Å². The summed E-state index contributed by atoms with van der Waals surface area (Å²) < 4.78 is 5.65. The fourth-order valence-electron chi connectivity index (χ4n) is 1.62. The molecule has 4 heteroatoms. The largest absolute Gasteiger partial charge is 0.459 e. The first-order chi connectivity index (χ1) is 6.74. The molecule has 2 heterocycles. The van der Waals surface area contributed by atoms with Crippen molar-refractivity contribution in [1.29, 1.82) is 0 Å². The third-order valence-corrected chi connectivity index (χ3v) is 2.25. The average molecular weight is 193 g/mol. The molecule has 4 nitrogen and oxygen atoms in total. The second-order valence-electron chi connectivity index (χ2n) is 3.67. The van der Waals surface area contributed by atoms with Crippen LogP contribution in [0.3, 0.4) is 0 Å². The van der Waals surface area contributed by atoms with Gasteiger partial charge in [-0.05, 0) is 32.9 Å². The molecule has 1 atom stereocenters. The molecule has 0 spiro atoms. The van der Waals surface area contributed by atoms with Gasteiger partial charge in [-0.3, -0.25) is 0 Å². The Labute approximate surface area is 83.7 Å². The standard InChI is InChI=1S/C10H15N3O/c1-7-5-8(2)13-10(12-7)14-9-3-4-11-6-9/h5,9,11H,3-4,6H2,1-2H3. The summed E-state index contributed by atoms with van der Waals surface area (Å²) in [6, 6.07) is 2.45. The normalized spacial score (nSPS) is 21.1. The Hall–Kier alpha value is -1.16. The quantitative estimate of drug-likeness (QED) is 0.756. The van der Waals surface area contributed by atoms with Crippen LogP contribution in [0.4, 0.5) is 0 Å². The first-order valence-corrected chi connectivity index (χ1v) is 4.94. The van der Waals surface area contributed by atoms with Crippen LogP contribution in [-0.2, 0) is 0 Å². The first-order valence-electron chi connectivity index (χ1n) is 4.94. The average Bonchev–Trinajstić information content (AvgIpc) is 2.54. The van der Waals surface area contributed by atoms with Crippen LogP contribution in [0.1, 0.15) is 17.8 Å². The summed E-state index contributed by atoms with van der Waals surface area (Å²) in [6.45, 7) is 5.83. The fraction of sp³-hybridized carbons (Fsp3) is 0.600. The van der Waals surface area contributed by atoms with Crippen molar-refractivity contribution in [3.8, 4) is 6.01 Å². The van der Waals surface area contributed by atoms with Gasteiger partial charge in [-0.1, -0.05) is 0 Å². The van der Waals surface area contributed by atoms with Crippen LogP contribution in [0, 0.1) is 13.8 Å². The van der Waals surface area contributed by atoms with Gasteiger partial charge in [0, 0.05) is 17.9 Å². The van der Waals surface area contributed by atoms with Gasteiger partial charge in [0.15, 0.2) is 0 Å². The van der Waals surface area contributed by atoms with Crippen LogP contribution < -0.4 is 10.1 Å². The zero-order valence-electron chi connectivity index (χ0n) is 8.58. The van der Waals surface area contributed by atoms with Crippen molar-refractivity contribution in [2.75, 3.05) is 13.1 Å². The molecular weight excluding hydrogens is 178 g/mol. The molecule has 1 aromatic heterocycles. The third kappa shape index (κ3) is 2.20. The van der Waals surface area contributed by atoms with Gasteiger partial charge >= 0.3 is 6.01 Å². The number of hydrogen-bond donors (Lipinski definition) is 1. The van der Waals surface area contributed by atoms with E-state index < -0.39 is 0 Å². The maximum atomic E-state index is 5.65. The lowest BCUT2D eigenvalue weighted by Gasteiger charge is -2.10. The Morgan fingerprint density at radius 3 is 2.64 bits per heavy atom. The number of hydrogen-bond acceptors (Lipinski definition) is 4. The molecule has 1 aliphatic heterocycles. The van der Waals surface area contributed by atoms with E-state index in [1.807, 2.05) is 19.9 Å². The van der Waals surface area contributed by atoms with Gasteiger partial charge in [-0.15, -0.1) is 0 Å². The van der Waals surface area contributed by atoms with Gasteiger partial charge < -0.3 is 10.1 Å². The molecule has 0 radical (unpaired) electrons. The highest BCUT2D eigenvalue weighted by Crippen LogP contribution is 2.11. The zero-order valence-corrected chi connectivity index (χ0v) is 8.58. The molecule has 0 amide bonds. The van der Waals surface area contributed by atoms with E-state index in [0.717, 1.165) is 30.9 Å². The topological polar surface area (TPSA) is 47.0 Å². The molecule has 14 heavy (non-hydrogen) atoms.